The first kappa shape index (κ1) is 9.95. The van der Waals surface area contributed by atoms with Crippen LogP contribution in [0.1, 0.15) is 32.1 Å². The van der Waals surface area contributed by atoms with Crippen molar-refractivity contribution in [2.24, 2.45) is 0 Å². The van der Waals surface area contributed by atoms with Gasteiger partial charge in [0.15, 0.2) is 0 Å². The number of carbonyl (C=O) groups is 1. The van der Waals surface area contributed by atoms with Crippen molar-refractivity contribution in [2.75, 3.05) is 0 Å². The molecule has 1 rings (SSSR count). The first-order chi connectivity index (χ1) is 6.24. The summed E-state index contributed by atoms with van der Waals surface area (Å²) in [5, 5.41) is 13.2. The third-order valence-corrected chi connectivity index (χ3v) is 2.50. The molecule has 2 atom stereocenters. The van der Waals surface area contributed by atoms with Gasteiger partial charge in [-0.05, 0) is 12.8 Å². The van der Waals surface area contributed by atoms with Crippen molar-refractivity contribution >= 4 is 6.41 Å². The van der Waals surface area contributed by atoms with Gasteiger partial charge in [0, 0.05) is 23.8 Å². The van der Waals surface area contributed by atoms with Crippen molar-refractivity contribution in [3.63, 3.8) is 0 Å². The second kappa shape index (κ2) is 4.79. The molecule has 0 aliphatic heterocycles. The van der Waals surface area contributed by atoms with Gasteiger partial charge in [-0.1, -0.05) is 6.42 Å². The molecule has 0 radical (unpaired) electrons. The van der Waals surface area contributed by atoms with E-state index < -0.39 is 6.04 Å². The van der Waals surface area contributed by atoms with Gasteiger partial charge >= 0.3 is 0 Å². The lowest BCUT2D eigenvalue weighted by atomic mass is 10.1. The lowest BCUT2D eigenvalue weighted by Crippen LogP contribution is -2.32. The summed E-state index contributed by atoms with van der Waals surface area (Å²) in [6.45, 7) is 0. The summed E-state index contributed by atoms with van der Waals surface area (Å²) in [5.74, 6) is 0. The number of carbonyl (C=O) groups excluding carboxylic acids is 1. The van der Waals surface area contributed by atoms with Crippen molar-refractivity contribution in [1.29, 1.82) is 0 Å². The number of nitro groups is 1. The van der Waals surface area contributed by atoms with Crippen LogP contribution >= 0.6 is 0 Å². The zero-order valence-corrected chi connectivity index (χ0v) is 7.44. The van der Waals surface area contributed by atoms with E-state index in [2.05, 4.69) is 5.32 Å². The normalized spacial score (nSPS) is 28.9. The van der Waals surface area contributed by atoms with E-state index in [1.807, 2.05) is 0 Å². The van der Waals surface area contributed by atoms with Crippen LogP contribution in [-0.2, 0) is 4.79 Å². The topological polar surface area (TPSA) is 72.2 Å². The fourth-order valence-electron chi connectivity index (χ4n) is 1.77. The summed E-state index contributed by atoms with van der Waals surface area (Å²) in [6, 6.07) is -0.477. The minimum Gasteiger partial charge on any atom is -0.356 e. The summed E-state index contributed by atoms with van der Waals surface area (Å²) in [4.78, 5) is 20.5. The van der Waals surface area contributed by atoms with E-state index in [0.717, 1.165) is 19.3 Å². The smallest absolute Gasteiger partial charge is 0.215 e. The van der Waals surface area contributed by atoms with Gasteiger partial charge in [-0.3, -0.25) is 14.9 Å². The van der Waals surface area contributed by atoms with Crippen LogP contribution in [0.25, 0.3) is 0 Å². The third kappa shape index (κ3) is 3.01. The van der Waals surface area contributed by atoms with Crippen molar-refractivity contribution < 1.29 is 9.72 Å². The van der Waals surface area contributed by atoms with E-state index in [4.69, 9.17) is 0 Å². The molecule has 0 bridgehead atoms. The Balaban J connectivity index is 2.48. The molecule has 1 N–H and O–H groups in total. The Morgan fingerprint density at radius 2 is 2.08 bits per heavy atom. The predicted molar refractivity (Wildman–Crippen MR) is 46.9 cm³/mol. The summed E-state index contributed by atoms with van der Waals surface area (Å²) < 4.78 is 0. The molecule has 0 aromatic rings. The number of nitrogens with zero attached hydrogens (tertiary/aromatic N) is 1. The van der Waals surface area contributed by atoms with Crippen LogP contribution in [0, 0.1) is 10.1 Å². The molecule has 2 unspecified atom stereocenters. The van der Waals surface area contributed by atoms with Crippen molar-refractivity contribution in [1.82, 2.24) is 5.32 Å². The van der Waals surface area contributed by atoms with Crippen LogP contribution in [0.2, 0.25) is 0 Å². The molecule has 0 spiro atoms. The number of hydrogen-bond donors (Lipinski definition) is 1. The molecule has 0 aromatic carbocycles. The highest BCUT2D eigenvalue weighted by molar-refractivity contribution is 5.46. The Kier molecular flexibility index (Phi) is 3.67. The Morgan fingerprint density at radius 1 is 1.38 bits per heavy atom. The summed E-state index contributed by atoms with van der Waals surface area (Å²) in [7, 11) is 0. The average Bonchev–Trinajstić information content (AvgIpc) is 2.30. The maximum Gasteiger partial charge on any atom is 0.215 e. The van der Waals surface area contributed by atoms with Crippen LogP contribution < -0.4 is 5.32 Å². The van der Waals surface area contributed by atoms with Crippen LogP contribution in [0.5, 0.6) is 0 Å². The van der Waals surface area contributed by atoms with Crippen molar-refractivity contribution in [3.8, 4) is 0 Å². The molecule has 13 heavy (non-hydrogen) atoms. The second-order valence-electron chi connectivity index (χ2n) is 3.44. The molecule has 0 aromatic heterocycles. The van der Waals surface area contributed by atoms with Gasteiger partial charge in [-0.15, -0.1) is 0 Å². The van der Waals surface area contributed by atoms with Crippen molar-refractivity contribution in [3.05, 3.63) is 10.1 Å². The SMILES string of the molecule is O=CNC1CCCCC([N+](=O)[O-])C1. The molecule has 1 saturated carbocycles. The summed E-state index contributed by atoms with van der Waals surface area (Å²) in [5.41, 5.74) is 0. The first-order valence-corrected chi connectivity index (χ1v) is 4.57. The van der Waals surface area contributed by atoms with Gasteiger partial charge in [0.05, 0.1) is 0 Å². The lowest BCUT2D eigenvalue weighted by molar-refractivity contribution is -0.524. The van der Waals surface area contributed by atoms with Crippen LogP contribution in [0.4, 0.5) is 0 Å². The fraction of sp³-hybridized carbons (Fsp3) is 0.875. The van der Waals surface area contributed by atoms with Gasteiger partial charge < -0.3 is 5.32 Å². The number of amides is 1. The van der Waals surface area contributed by atoms with Gasteiger partial charge in [-0.2, -0.15) is 0 Å². The molecule has 1 amide bonds. The molecule has 1 fully saturated rings. The molecule has 74 valence electrons. The van der Waals surface area contributed by atoms with E-state index >= 15 is 0 Å². The minimum atomic E-state index is -0.472. The quantitative estimate of drug-likeness (QED) is 0.305. The maximum absolute atomic E-state index is 10.5. The zero-order valence-electron chi connectivity index (χ0n) is 7.44. The summed E-state index contributed by atoms with van der Waals surface area (Å²) in [6.07, 6.45) is 4.48. The standard InChI is InChI=1S/C8H14N2O3/c11-6-9-7-3-1-2-4-8(5-7)10(12)13/h6-8H,1-5H2,(H,9,11). The molecular formula is C8H14N2O3. The molecule has 1 aliphatic carbocycles. The molecule has 0 heterocycles. The maximum atomic E-state index is 10.5. The highest BCUT2D eigenvalue weighted by Gasteiger charge is 2.27. The van der Waals surface area contributed by atoms with E-state index in [0.29, 0.717) is 19.3 Å². The highest BCUT2D eigenvalue weighted by Crippen LogP contribution is 2.19. The predicted octanol–water partition coefficient (Wildman–Crippen LogP) is 0.710. The largest absolute Gasteiger partial charge is 0.356 e. The average molecular weight is 186 g/mol. The Morgan fingerprint density at radius 3 is 2.69 bits per heavy atom. The Bertz CT molecular complexity index is 196. The number of nitrogens with one attached hydrogen (secondary N) is 1. The van der Waals surface area contributed by atoms with Crippen molar-refractivity contribution in [2.45, 2.75) is 44.2 Å². The lowest BCUT2D eigenvalue weighted by Gasteiger charge is -2.13. The fourth-order valence-corrected chi connectivity index (χ4v) is 1.77. The second-order valence-corrected chi connectivity index (χ2v) is 3.44. The van der Waals surface area contributed by atoms with E-state index in [1.54, 1.807) is 0 Å². The number of hydrogen-bond acceptors (Lipinski definition) is 3. The van der Waals surface area contributed by atoms with Gasteiger partial charge in [0.1, 0.15) is 0 Å². The first-order valence-electron chi connectivity index (χ1n) is 4.57. The van der Waals surface area contributed by atoms with Gasteiger partial charge in [0.2, 0.25) is 12.5 Å². The third-order valence-electron chi connectivity index (χ3n) is 2.50. The highest BCUT2D eigenvalue weighted by atomic mass is 16.6. The molecule has 1 aliphatic rings. The monoisotopic (exact) mass is 186 g/mol. The van der Waals surface area contributed by atoms with E-state index in [1.165, 1.54) is 0 Å². The number of rotatable bonds is 3. The van der Waals surface area contributed by atoms with Gasteiger partial charge in [-0.25, -0.2) is 0 Å². The molecule has 0 saturated heterocycles. The molecule has 5 heteroatoms. The Hall–Kier alpha value is -1.13. The summed E-state index contributed by atoms with van der Waals surface area (Å²) >= 11 is 0. The molecule has 5 nitrogen and oxygen atoms in total. The van der Waals surface area contributed by atoms with Crippen LogP contribution in [0.15, 0.2) is 0 Å². The Labute approximate surface area is 76.7 Å². The minimum absolute atomic E-state index is 0.00426. The zero-order chi connectivity index (χ0) is 9.68. The van der Waals surface area contributed by atoms with Gasteiger partial charge in [0.25, 0.3) is 0 Å². The van der Waals surface area contributed by atoms with E-state index in [-0.39, 0.29) is 11.0 Å². The van der Waals surface area contributed by atoms with Crippen LogP contribution in [0.3, 0.4) is 0 Å². The van der Waals surface area contributed by atoms with E-state index in [9.17, 15) is 14.9 Å². The molecular weight excluding hydrogens is 172 g/mol. The van der Waals surface area contributed by atoms with Crippen LogP contribution in [-0.4, -0.2) is 23.4 Å².